The van der Waals surface area contributed by atoms with Gasteiger partial charge < -0.3 is 24.6 Å². The molecule has 2 heterocycles. The number of carbonyl (C=O) groups is 1. The zero-order valence-corrected chi connectivity index (χ0v) is 10.6. The molecule has 2 unspecified atom stereocenters. The van der Waals surface area contributed by atoms with Gasteiger partial charge in [0.25, 0.3) is 5.91 Å². The summed E-state index contributed by atoms with van der Waals surface area (Å²) in [4.78, 5) is 13.6. The Bertz CT molecular complexity index is 525. The van der Waals surface area contributed by atoms with Crippen molar-refractivity contribution < 1.29 is 24.5 Å². The Balaban J connectivity index is 1.87. The molecule has 3 rings (SSSR count). The summed E-state index contributed by atoms with van der Waals surface area (Å²) in [6.45, 7) is 0.284. The number of aliphatic hydroxyl groups is 2. The quantitative estimate of drug-likeness (QED) is 0.773. The van der Waals surface area contributed by atoms with Gasteiger partial charge in [-0.2, -0.15) is 0 Å². The molecule has 2 atom stereocenters. The summed E-state index contributed by atoms with van der Waals surface area (Å²) in [6, 6.07) is 3.04. The lowest BCUT2D eigenvalue weighted by Crippen LogP contribution is -2.29. The van der Waals surface area contributed by atoms with Crippen LogP contribution in [0.25, 0.3) is 0 Å². The number of nitrogens with zero attached hydrogens (tertiary/aromatic N) is 1. The van der Waals surface area contributed by atoms with Crippen LogP contribution in [0.15, 0.2) is 12.1 Å². The predicted octanol–water partition coefficient (Wildman–Crippen LogP) is 0.246. The van der Waals surface area contributed by atoms with Gasteiger partial charge >= 0.3 is 0 Å². The second-order valence-corrected chi connectivity index (χ2v) is 4.94. The van der Waals surface area contributed by atoms with Crippen LogP contribution in [-0.4, -0.2) is 53.1 Å². The molecule has 0 bridgehead atoms. The number of benzene rings is 1. The minimum atomic E-state index is -0.909. The predicted molar refractivity (Wildman–Crippen MR) is 65.5 cm³/mol. The molecule has 102 valence electrons. The van der Waals surface area contributed by atoms with Crippen LogP contribution in [-0.2, 0) is 0 Å². The van der Waals surface area contributed by atoms with E-state index in [-0.39, 0.29) is 25.8 Å². The Morgan fingerprint density at radius 2 is 1.95 bits per heavy atom. The number of aliphatic hydroxyl groups excluding tert-OH is 2. The minimum absolute atomic E-state index is 0.0772. The number of likely N-dealkylation sites (tertiary alicyclic amines) is 1. The van der Waals surface area contributed by atoms with Crippen LogP contribution in [0.2, 0.25) is 5.02 Å². The fourth-order valence-corrected chi connectivity index (χ4v) is 2.47. The molecule has 0 spiro atoms. The lowest BCUT2D eigenvalue weighted by molar-refractivity contribution is 0.0572. The summed E-state index contributed by atoms with van der Waals surface area (Å²) < 4.78 is 10.4. The van der Waals surface area contributed by atoms with E-state index < -0.39 is 12.2 Å². The van der Waals surface area contributed by atoms with Gasteiger partial charge in [-0.1, -0.05) is 11.6 Å². The first kappa shape index (κ1) is 12.5. The molecule has 2 aliphatic rings. The van der Waals surface area contributed by atoms with Crippen LogP contribution in [0.1, 0.15) is 10.4 Å². The summed E-state index contributed by atoms with van der Waals surface area (Å²) in [6.07, 6.45) is -1.82. The largest absolute Gasteiger partial charge is 0.454 e. The molecule has 19 heavy (non-hydrogen) atoms. The molecule has 1 aromatic carbocycles. The van der Waals surface area contributed by atoms with Crippen LogP contribution in [0.4, 0.5) is 0 Å². The van der Waals surface area contributed by atoms with Gasteiger partial charge in [-0.05, 0) is 12.1 Å². The standard InChI is InChI=1S/C12H12ClNO5/c13-7-1-6(2-10-11(7)19-5-18-10)12(17)14-3-8(15)9(16)4-14/h1-2,8-9,15-16H,3-5H2. The summed E-state index contributed by atoms with van der Waals surface area (Å²) >= 11 is 6.01. The van der Waals surface area contributed by atoms with Gasteiger partial charge in [0.1, 0.15) is 0 Å². The Morgan fingerprint density at radius 1 is 1.26 bits per heavy atom. The molecule has 0 saturated carbocycles. The van der Waals surface area contributed by atoms with Gasteiger partial charge in [0.2, 0.25) is 6.79 Å². The van der Waals surface area contributed by atoms with E-state index in [0.29, 0.717) is 22.1 Å². The number of β-amino-alcohol motifs (C(OH)–C–C–N with tert-alkyl or cyclic N) is 2. The molecular weight excluding hydrogens is 274 g/mol. The summed E-state index contributed by atoms with van der Waals surface area (Å²) in [5.74, 6) is 0.548. The number of hydrogen-bond acceptors (Lipinski definition) is 5. The minimum Gasteiger partial charge on any atom is -0.454 e. The van der Waals surface area contributed by atoms with Crippen molar-refractivity contribution in [3.05, 3.63) is 22.7 Å². The maximum Gasteiger partial charge on any atom is 0.254 e. The lowest BCUT2D eigenvalue weighted by atomic mass is 10.1. The molecular formula is C12H12ClNO5. The molecule has 7 heteroatoms. The van der Waals surface area contributed by atoms with E-state index in [2.05, 4.69) is 0 Å². The van der Waals surface area contributed by atoms with Crippen LogP contribution >= 0.6 is 11.6 Å². The van der Waals surface area contributed by atoms with Gasteiger partial charge in [-0.25, -0.2) is 0 Å². The van der Waals surface area contributed by atoms with Crippen molar-refractivity contribution in [1.82, 2.24) is 4.90 Å². The molecule has 1 fully saturated rings. The fraction of sp³-hybridized carbons (Fsp3) is 0.417. The zero-order valence-electron chi connectivity index (χ0n) is 9.88. The van der Waals surface area contributed by atoms with Gasteiger partial charge in [0, 0.05) is 18.7 Å². The first-order valence-corrected chi connectivity index (χ1v) is 6.18. The van der Waals surface area contributed by atoms with E-state index in [9.17, 15) is 15.0 Å². The highest BCUT2D eigenvalue weighted by molar-refractivity contribution is 6.32. The summed E-state index contributed by atoms with van der Waals surface area (Å²) in [7, 11) is 0. The van der Waals surface area contributed by atoms with Gasteiger partial charge in [-0.15, -0.1) is 0 Å². The van der Waals surface area contributed by atoms with Crippen molar-refractivity contribution in [3.8, 4) is 11.5 Å². The highest BCUT2D eigenvalue weighted by atomic mass is 35.5. The van der Waals surface area contributed by atoms with Crippen LogP contribution in [0.3, 0.4) is 0 Å². The third-order valence-corrected chi connectivity index (χ3v) is 3.50. The van der Waals surface area contributed by atoms with Crippen molar-refractivity contribution in [1.29, 1.82) is 0 Å². The molecule has 1 amide bonds. The van der Waals surface area contributed by atoms with Crippen molar-refractivity contribution in [2.45, 2.75) is 12.2 Å². The van der Waals surface area contributed by atoms with Crippen LogP contribution < -0.4 is 9.47 Å². The maximum absolute atomic E-state index is 12.2. The molecule has 0 radical (unpaired) electrons. The highest BCUT2D eigenvalue weighted by Crippen LogP contribution is 2.40. The number of amides is 1. The monoisotopic (exact) mass is 285 g/mol. The number of halogens is 1. The molecule has 0 aromatic heterocycles. The summed E-state index contributed by atoms with van der Waals surface area (Å²) in [5.41, 5.74) is 0.343. The summed E-state index contributed by atoms with van der Waals surface area (Å²) in [5, 5.41) is 19.2. The van der Waals surface area contributed by atoms with Crippen molar-refractivity contribution in [2.75, 3.05) is 19.9 Å². The van der Waals surface area contributed by atoms with E-state index in [1.54, 1.807) is 6.07 Å². The SMILES string of the molecule is O=C(c1cc(Cl)c2c(c1)OCO2)N1CC(O)C(O)C1. The van der Waals surface area contributed by atoms with Gasteiger partial charge in [0.05, 0.1) is 17.2 Å². The number of fused-ring (bicyclic) bond motifs is 1. The molecule has 1 aromatic rings. The number of hydrogen-bond donors (Lipinski definition) is 2. The van der Waals surface area contributed by atoms with Gasteiger partial charge in [0.15, 0.2) is 11.5 Å². The first-order valence-electron chi connectivity index (χ1n) is 5.81. The second-order valence-electron chi connectivity index (χ2n) is 4.54. The Labute approximate surface area is 114 Å². The van der Waals surface area contributed by atoms with E-state index in [4.69, 9.17) is 21.1 Å². The van der Waals surface area contributed by atoms with Gasteiger partial charge in [-0.3, -0.25) is 4.79 Å². The maximum atomic E-state index is 12.2. The third kappa shape index (κ3) is 2.11. The van der Waals surface area contributed by atoms with E-state index in [0.717, 1.165) is 0 Å². The Kier molecular flexibility index (Phi) is 3.00. The normalized spacial score (nSPS) is 24.9. The Hall–Kier alpha value is -1.50. The van der Waals surface area contributed by atoms with E-state index >= 15 is 0 Å². The van der Waals surface area contributed by atoms with E-state index in [1.165, 1.54) is 11.0 Å². The average Bonchev–Trinajstić information content (AvgIpc) is 2.96. The zero-order chi connectivity index (χ0) is 13.6. The fourth-order valence-electron chi connectivity index (χ4n) is 2.21. The van der Waals surface area contributed by atoms with Crippen LogP contribution in [0.5, 0.6) is 11.5 Å². The molecule has 2 aliphatic heterocycles. The first-order chi connectivity index (χ1) is 9.06. The smallest absolute Gasteiger partial charge is 0.254 e. The topological polar surface area (TPSA) is 79.2 Å². The highest BCUT2D eigenvalue weighted by Gasteiger charge is 2.33. The Morgan fingerprint density at radius 3 is 2.63 bits per heavy atom. The molecule has 6 nitrogen and oxygen atoms in total. The lowest BCUT2D eigenvalue weighted by Gasteiger charge is -2.15. The number of carbonyl (C=O) groups excluding carboxylic acids is 1. The third-order valence-electron chi connectivity index (χ3n) is 3.22. The van der Waals surface area contributed by atoms with Crippen molar-refractivity contribution in [2.24, 2.45) is 0 Å². The average molecular weight is 286 g/mol. The van der Waals surface area contributed by atoms with E-state index in [1.807, 2.05) is 0 Å². The van der Waals surface area contributed by atoms with Crippen molar-refractivity contribution in [3.63, 3.8) is 0 Å². The molecule has 1 saturated heterocycles. The molecule has 2 N–H and O–H groups in total. The number of ether oxygens (including phenoxy) is 2. The van der Waals surface area contributed by atoms with Crippen molar-refractivity contribution >= 4 is 17.5 Å². The number of rotatable bonds is 1. The molecule has 0 aliphatic carbocycles. The second kappa shape index (κ2) is 4.56. The van der Waals surface area contributed by atoms with Crippen LogP contribution in [0, 0.1) is 0 Å².